The lowest BCUT2D eigenvalue weighted by molar-refractivity contribution is -0.699. The van der Waals surface area contributed by atoms with Crippen molar-refractivity contribution in [1.29, 1.82) is 0 Å². The first-order valence-corrected chi connectivity index (χ1v) is 10.4. The molecule has 4 N–H and O–H groups in total. The average Bonchev–Trinajstić information content (AvgIpc) is 3.37. The summed E-state index contributed by atoms with van der Waals surface area (Å²) in [5, 5.41) is 13.4. The lowest BCUT2D eigenvalue weighted by Crippen LogP contribution is -3.10. The average molecular weight is 427 g/mol. The van der Waals surface area contributed by atoms with E-state index in [-0.39, 0.29) is 12.5 Å². The molecular weight excluding hydrogens is 402 g/mol. The molecule has 30 heavy (non-hydrogen) atoms. The predicted molar refractivity (Wildman–Crippen MR) is 117 cm³/mol. The molecule has 0 bridgehead atoms. The molecule has 2 aliphatic rings. The lowest BCUT2D eigenvalue weighted by atomic mass is 10.3. The second-order valence-electron chi connectivity index (χ2n) is 6.79. The quantitative estimate of drug-likeness (QED) is 0.480. The number of rotatable bonds is 8. The molecule has 2 aliphatic heterocycles. The number of aliphatic imine (C=N–C) groups is 1. The Hall–Kier alpha value is -3.08. The minimum Gasteiger partial charge on any atom is -0.372 e. The van der Waals surface area contributed by atoms with Crippen LogP contribution in [0.3, 0.4) is 0 Å². The second-order valence-corrected chi connectivity index (χ2v) is 7.91. The number of nitrogens with one attached hydrogen (secondary N) is 4. The molecule has 0 radical (unpaired) electrons. The van der Waals surface area contributed by atoms with Crippen molar-refractivity contribution < 1.29 is 14.4 Å². The molecule has 1 atom stereocenters. The number of H-pyrrole nitrogens is 1. The molecule has 0 saturated heterocycles. The number of benzene rings is 1. The second kappa shape index (κ2) is 9.16. The Bertz CT molecular complexity index is 997. The van der Waals surface area contributed by atoms with Gasteiger partial charge in [-0.3, -0.25) is 19.5 Å². The van der Waals surface area contributed by atoms with Gasteiger partial charge in [0.2, 0.25) is 17.6 Å². The first-order chi connectivity index (χ1) is 14.6. The summed E-state index contributed by atoms with van der Waals surface area (Å²) < 4.78 is 7.25. The molecule has 0 saturated carbocycles. The van der Waals surface area contributed by atoms with Gasteiger partial charge < -0.3 is 10.1 Å². The van der Waals surface area contributed by atoms with Crippen molar-refractivity contribution >= 4 is 35.2 Å². The molecular formula is C20H24N7O2S+. The highest BCUT2D eigenvalue weighted by Gasteiger charge is 2.32. The van der Waals surface area contributed by atoms with Gasteiger partial charge in [-0.15, -0.1) is 0 Å². The molecule has 0 spiro atoms. The Labute approximate surface area is 179 Å². The van der Waals surface area contributed by atoms with Crippen LogP contribution in [-0.2, 0) is 9.53 Å². The van der Waals surface area contributed by atoms with E-state index < -0.39 is 0 Å². The first kappa shape index (κ1) is 20.2. The van der Waals surface area contributed by atoms with Gasteiger partial charge in [-0.1, -0.05) is 0 Å². The number of hydrogen-bond donors (Lipinski definition) is 4. The normalized spacial score (nSPS) is 17.4. The van der Waals surface area contributed by atoms with Crippen molar-refractivity contribution in [2.24, 2.45) is 4.99 Å². The van der Waals surface area contributed by atoms with Crippen LogP contribution < -0.4 is 15.5 Å². The van der Waals surface area contributed by atoms with Crippen molar-refractivity contribution in [3.63, 3.8) is 0 Å². The van der Waals surface area contributed by atoms with E-state index in [0.29, 0.717) is 13.2 Å². The fourth-order valence-corrected chi connectivity index (χ4v) is 3.92. The number of carbonyl (C=O) groups excluding carboxylic acids is 1. The number of ether oxygens (including phenoxy) is 1. The third-order valence-electron chi connectivity index (χ3n) is 4.42. The fourth-order valence-electron chi connectivity index (χ4n) is 3.05. The summed E-state index contributed by atoms with van der Waals surface area (Å²) in [4.78, 5) is 18.4. The van der Waals surface area contributed by atoms with Gasteiger partial charge in [-0.25, -0.2) is 9.89 Å². The van der Waals surface area contributed by atoms with Crippen LogP contribution in [0, 0.1) is 6.92 Å². The van der Waals surface area contributed by atoms with Gasteiger partial charge in [-0.2, -0.15) is 5.10 Å². The number of hydrogen-bond acceptors (Lipinski definition) is 7. The number of nitrogens with zero attached hydrogens (tertiary/aromatic N) is 3. The number of amidine groups is 1. The Balaban J connectivity index is 1.42. The zero-order valence-electron chi connectivity index (χ0n) is 16.8. The van der Waals surface area contributed by atoms with E-state index in [2.05, 4.69) is 36.3 Å². The van der Waals surface area contributed by atoms with E-state index in [1.807, 2.05) is 56.6 Å². The van der Waals surface area contributed by atoms with Crippen LogP contribution in [0.5, 0.6) is 0 Å². The maximum atomic E-state index is 11.8. The first-order valence-electron chi connectivity index (χ1n) is 9.65. The van der Waals surface area contributed by atoms with Crippen LogP contribution in [0.15, 0.2) is 64.6 Å². The molecule has 0 aliphatic carbocycles. The number of aryl methyl sites for hydroxylation is 1. The Morgan fingerprint density at radius 2 is 2.20 bits per heavy atom. The summed E-state index contributed by atoms with van der Waals surface area (Å²) >= 11 is 1.60. The Morgan fingerprint density at radius 3 is 2.93 bits per heavy atom. The lowest BCUT2D eigenvalue weighted by Gasteiger charge is -2.27. The van der Waals surface area contributed by atoms with E-state index >= 15 is 0 Å². The van der Waals surface area contributed by atoms with E-state index in [0.717, 1.165) is 38.7 Å². The monoisotopic (exact) mass is 426 g/mol. The van der Waals surface area contributed by atoms with Crippen molar-refractivity contribution in [2.45, 2.75) is 18.7 Å². The third-order valence-corrected chi connectivity index (χ3v) is 5.37. The van der Waals surface area contributed by atoms with Crippen molar-refractivity contribution in [1.82, 2.24) is 14.5 Å². The molecule has 1 unspecified atom stereocenters. The number of quaternary nitrogens is 1. The number of carbonyl (C=O) groups is 1. The van der Waals surface area contributed by atoms with E-state index in [4.69, 9.17) is 4.74 Å². The largest absolute Gasteiger partial charge is 0.372 e. The molecule has 1 aromatic carbocycles. The molecule has 10 heteroatoms. The zero-order valence-corrected chi connectivity index (χ0v) is 17.6. The summed E-state index contributed by atoms with van der Waals surface area (Å²) in [5.74, 6) is 2.58. The molecule has 2 aromatic rings. The number of amides is 1. The maximum Gasteiger partial charge on any atom is 0.250 e. The van der Waals surface area contributed by atoms with E-state index in [1.165, 1.54) is 0 Å². The third kappa shape index (κ3) is 4.90. The minimum absolute atomic E-state index is 0.0614. The van der Waals surface area contributed by atoms with Crippen LogP contribution in [0.4, 0.5) is 11.5 Å². The van der Waals surface area contributed by atoms with Crippen LogP contribution in [0.1, 0.15) is 12.6 Å². The molecule has 3 heterocycles. The highest BCUT2D eigenvalue weighted by atomic mass is 32.2. The highest BCUT2D eigenvalue weighted by Crippen LogP contribution is 2.26. The Morgan fingerprint density at radius 1 is 1.37 bits per heavy atom. The van der Waals surface area contributed by atoms with Crippen LogP contribution in [0.2, 0.25) is 0 Å². The number of fused-ring (bicyclic) bond motifs is 1. The van der Waals surface area contributed by atoms with Crippen molar-refractivity contribution in [2.75, 3.05) is 30.4 Å². The molecule has 4 rings (SSSR count). The predicted octanol–water partition coefficient (Wildman–Crippen LogP) is 1.70. The summed E-state index contributed by atoms with van der Waals surface area (Å²) in [7, 11) is 0. The van der Waals surface area contributed by atoms with Crippen LogP contribution in [0.25, 0.3) is 0 Å². The summed E-state index contributed by atoms with van der Waals surface area (Å²) in [6.07, 6.45) is 5.90. The van der Waals surface area contributed by atoms with Gasteiger partial charge in [0.1, 0.15) is 19.4 Å². The summed E-state index contributed by atoms with van der Waals surface area (Å²) in [6, 6.07) is 9.69. The van der Waals surface area contributed by atoms with E-state index in [1.54, 1.807) is 11.9 Å². The van der Waals surface area contributed by atoms with Gasteiger partial charge in [0.15, 0.2) is 5.82 Å². The SMILES string of the molecule is CCOCC(=O)Nc1ccc(SN2C=C(Nc3cc(C)[nH]n3)[NH+]3C=CN=C3C2)cc1. The van der Waals surface area contributed by atoms with Crippen LogP contribution in [-0.4, -0.2) is 46.0 Å². The van der Waals surface area contributed by atoms with Gasteiger partial charge >= 0.3 is 0 Å². The molecule has 1 amide bonds. The van der Waals surface area contributed by atoms with Gasteiger partial charge in [-0.05, 0) is 50.1 Å². The molecule has 0 fully saturated rings. The summed E-state index contributed by atoms with van der Waals surface area (Å²) in [6.45, 7) is 5.10. The number of anilines is 2. The summed E-state index contributed by atoms with van der Waals surface area (Å²) in [5.41, 5.74) is 1.74. The zero-order chi connectivity index (χ0) is 20.9. The highest BCUT2D eigenvalue weighted by molar-refractivity contribution is 7.97. The Kier molecular flexibility index (Phi) is 6.17. The standard InChI is InChI=1S/C20H23N7O2S/c1-3-29-13-20(28)22-15-4-6-16(7-5-15)30-26-11-18-21-8-9-27(18)19(12-26)23-17-10-14(2)24-25-17/h4-10,12H,3,11,13H2,1-2H3,(H,22,28)(H2,23,24,25)/p+1. The minimum atomic E-state index is -0.157. The molecule has 156 valence electrons. The van der Waals surface area contributed by atoms with Gasteiger partial charge in [0, 0.05) is 29.0 Å². The van der Waals surface area contributed by atoms with Crippen LogP contribution >= 0.6 is 11.9 Å². The molecule has 1 aromatic heterocycles. The number of aromatic nitrogens is 2. The van der Waals surface area contributed by atoms with Gasteiger partial charge in [0.25, 0.3) is 0 Å². The fraction of sp³-hybridized carbons (Fsp3) is 0.250. The van der Waals surface area contributed by atoms with Gasteiger partial charge in [0.05, 0.1) is 12.4 Å². The van der Waals surface area contributed by atoms with E-state index in [9.17, 15) is 4.79 Å². The molecule has 9 nitrogen and oxygen atoms in total. The topological polar surface area (TPSA) is 99.1 Å². The van der Waals surface area contributed by atoms with Crippen molar-refractivity contribution in [3.05, 3.63) is 60.4 Å². The maximum absolute atomic E-state index is 11.8. The number of aromatic amines is 1. The van der Waals surface area contributed by atoms with Crippen molar-refractivity contribution in [3.8, 4) is 0 Å². The smallest absolute Gasteiger partial charge is 0.250 e.